The number of rotatable bonds is 4. The summed E-state index contributed by atoms with van der Waals surface area (Å²) in [6.45, 7) is 8.29. The van der Waals surface area contributed by atoms with Gasteiger partial charge in [-0.2, -0.15) is 0 Å². The van der Waals surface area contributed by atoms with Crippen LogP contribution in [-0.4, -0.2) is 42.5 Å². The van der Waals surface area contributed by atoms with Gasteiger partial charge < -0.3 is 11.1 Å². The van der Waals surface area contributed by atoms with E-state index in [1.54, 1.807) is 0 Å². The normalized spacial score (nSPS) is 27.3. The summed E-state index contributed by atoms with van der Waals surface area (Å²) in [7, 11) is 0. The first-order valence-electron chi connectivity index (χ1n) is 5.78. The van der Waals surface area contributed by atoms with Gasteiger partial charge in [-0.1, -0.05) is 6.92 Å². The summed E-state index contributed by atoms with van der Waals surface area (Å²) in [5.41, 5.74) is 5.72. The third kappa shape index (κ3) is 3.47. The van der Waals surface area contributed by atoms with Gasteiger partial charge >= 0.3 is 0 Å². The lowest BCUT2D eigenvalue weighted by Crippen LogP contribution is -2.45. The molecule has 0 bridgehead atoms. The first-order chi connectivity index (χ1) is 7.04. The first-order valence-corrected chi connectivity index (χ1v) is 5.78. The van der Waals surface area contributed by atoms with Crippen molar-refractivity contribution in [1.82, 2.24) is 10.2 Å². The average molecular weight is 213 g/mol. The highest BCUT2D eigenvalue weighted by molar-refractivity contribution is 5.78. The van der Waals surface area contributed by atoms with Crippen molar-refractivity contribution in [2.24, 2.45) is 11.7 Å². The number of nitrogens with one attached hydrogen (secondary N) is 1. The Bertz CT molecular complexity index is 218. The van der Waals surface area contributed by atoms with Gasteiger partial charge in [0, 0.05) is 18.6 Å². The van der Waals surface area contributed by atoms with Gasteiger partial charge in [-0.05, 0) is 32.7 Å². The zero-order valence-corrected chi connectivity index (χ0v) is 9.99. The molecule has 0 aromatic carbocycles. The Labute approximate surface area is 92.2 Å². The van der Waals surface area contributed by atoms with E-state index in [0.717, 1.165) is 13.0 Å². The number of nitrogens with zero attached hydrogens (tertiary/aromatic N) is 1. The Morgan fingerprint density at radius 1 is 1.60 bits per heavy atom. The molecule has 1 heterocycles. The summed E-state index contributed by atoms with van der Waals surface area (Å²) in [5.74, 6) is 0.722. The highest BCUT2D eigenvalue weighted by Crippen LogP contribution is 2.22. The second kappa shape index (κ2) is 5.47. The smallest absolute Gasteiger partial charge is 0.234 e. The maximum atomic E-state index is 11.6. The van der Waals surface area contributed by atoms with Crippen molar-refractivity contribution in [2.45, 2.75) is 39.3 Å². The van der Waals surface area contributed by atoms with Gasteiger partial charge in [0.25, 0.3) is 0 Å². The van der Waals surface area contributed by atoms with E-state index in [1.165, 1.54) is 0 Å². The molecule has 4 nitrogen and oxygen atoms in total. The number of likely N-dealkylation sites (tertiary alicyclic amines) is 1. The molecule has 3 N–H and O–H groups in total. The van der Waals surface area contributed by atoms with Gasteiger partial charge in [-0.25, -0.2) is 0 Å². The van der Waals surface area contributed by atoms with Gasteiger partial charge in [-0.15, -0.1) is 0 Å². The molecule has 1 aliphatic heterocycles. The van der Waals surface area contributed by atoms with E-state index in [1.807, 2.05) is 13.8 Å². The second-order valence-corrected chi connectivity index (χ2v) is 4.76. The van der Waals surface area contributed by atoms with E-state index in [9.17, 15) is 4.79 Å². The van der Waals surface area contributed by atoms with Crippen LogP contribution in [0.2, 0.25) is 0 Å². The van der Waals surface area contributed by atoms with Crippen LogP contribution in [-0.2, 0) is 4.79 Å². The largest absolute Gasteiger partial charge is 0.353 e. The molecule has 1 saturated heterocycles. The Kier molecular flexibility index (Phi) is 4.54. The number of nitrogens with two attached hydrogens (primary N) is 1. The van der Waals surface area contributed by atoms with Gasteiger partial charge in [-0.3, -0.25) is 9.69 Å². The summed E-state index contributed by atoms with van der Waals surface area (Å²) in [6.07, 6.45) is 1.15. The van der Waals surface area contributed by atoms with E-state index in [2.05, 4.69) is 17.1 Å². The number of hydrogen-bond donors (Lipinski definition) is 2. The predicted molar refractivity (Wildman–Crippen MR) is 61.5 cm³/mol. The molecule has 0 aromatic heterocycles. The summed E-state index contributed by atoms with van der Waals surface area (Å²) in [5, 5.41) is 2.91. The quantitative estimate of drug-likeness (QED) is 0.700. The molecule has 0 aromatic rings. The minimum atomic E-state index is 0.109. The van der Waals surface area contributed by atoms with E-state index < -0.39 is 0 Å². The van der Waals surface area contributed by atoms with Crippen LogP contribution >= 0.6 is 0 Å². The molecule has 0 spiro atoms. The van der Waals surface area contributed by atoms with E-state index >= 15 is 0 Å². The summed E-state index contributed by atoms with van der Waals surface area (Å²) >= 11 is 0. The molecule has 4 heteroatoms. The van der Waals surface area contributed by atoms with E-state index in [-0.39, 0.29) is 11.9 Å². The van der Waals surface area contributed by atoms with Crippen molar-refractivity contribution in [1.29, 1.82) is 0 Å². The molecule has 1 amide bonds. The minimum Gasteiger partial charge on any atom is -0.353 e. The lowest BCUT2D eigenvalue weighted by Gasteiger charge is -2.25. The number of hydrogen-bond acceptors (Lipinski definition) is 3. The Balaban J connectivity index is 2.41. The molecular formula is C11H23N3O. The first kappa shape index (κ1) is 12.5. The van der Waals surface area contributed by atoms with Crippen molar-refractivity contribution in [3.8, 4) is 0 Å². The predicted octanol–water partition coefficient (Wildman–Crippen LogP) is 0.180. The number of carbonyl (C=O) groups excluding carboxylic acids is 1. The number of carbonyl (C=O) groups is 1. The maximum Gasteiger partial charge on any atom is 0.234 e. The van der Waals surface area contributed by atoms with Crippen molar-refractivity contribution in [3.63, 3.8) is 0 Å². The molecule has 2 unspecified atom stereocenters. The van der Waals surface area contributed by atoms with Crippen LogP contribution in [0.1, 0.15) is 27.2 Å². The van der Waals surface area contributed by atoms with Gasteiger partial charge in [0.2, 0.25) is 5.91 Å². The Morgan fingerprint density at radius 3 is 2.80 bits per heavy atom. The zero-order chi connectivity index (χ0) is 11.4. The lowest BCUT2D eigenvalue weighted by atomic mass is 10.0. The summed E-state index contributed by atoms with van der Waals surface area (Å²) in [6, 6.07) is 0.594. The third-order valence-corrected chi connectivity index (χ3v) is 3.04. The van der Waals surface area contributed by atoms with Crippen LogP contribution in [0.4, 0.5) is 0 Å². The van der Waals surface area contributed by atoms with Crippen LogP contribution in [0.5, 0.6) is 0 Å². The monoisotopic (exact) mass is 213 g/mol. The van der Waals surface area contributed by atoms with Crippen LogP contribution in [0.15, 0.2) is 0 Å². The van der Waals surface area contributed by atoms with E-state index in [4.69, 9.17) is 5.73 Å². The SMILES string of the molecule is CC(C)NC(=O)CN1CCC(C)C1CN. The molecule has 0 saturated carbocycles. The van der Waals surface area contributed by atoms with Crippen LogP contribution < -0.4 is 11.1 Å². The topological polar surface area (TPSA) is 58.4 Å². The summed E-state index contributed by atoms with van der Waals surface area (Å²) in [4.78, 5) is 13.8. The molecule has 0 radical (unpaired) electrons. The van der Waals surface area contributed by atoms with Crippen molar-refractivity contribution >= 4 is 5.91 Å². The van der Waals surface area contributed by atoms with E-state index in [0.29, 0.717) is 25.0 Å². The molecule has 0 aliphatic carbocycles. The van der Waals surface area contributed by atoms with Crippen LogP contribution in [0.3, 0.4) is 0 Å². The lowest BCUT2D eigenvalue weighted by molar-refractivity contribution is -0.122. The fourth-order valence-electron chi connectivity index (χ4n) is 2.22. The van der Waals surface area contributed by atoms with Gasteiger partial charge in [0.1, 0.15) is 0 Å². The van der Waals surface area contributed by atoms with Crippen LogP contribution in [0, 0.1) is 5.92 Å². The standard InChI is InChI=1S/C11H23N3O/c1-8(2)13-11(15)7-14-5-4-9(3)10(14)6-12/h8-10H,4-7,12H2,1-3H3,(H,13,15). The molecule has 1 rings (SSSR count). The molecule has 1 fully saturated rings. The minimum absolute atomic E-state index is 0.109. The molecule has 1 aliphatic rings. The van der Waals surface area contributed by atoms with Crippen molar-refractivity contribution in [3.05, 3.63) is 0 Å². The molecular weight excluding hydrogens is 190 g/mol. The zero-order valence-electron chi connectivity index (χ0n) is 9.99. The number of amides is 1. The Morgan fingerprint density at radius 2 is 2.27 bits per heavy atom. The summed E-state index contributed by atoms with van der Waals surface area (Å²) < 4.78 is 0. The second-order valence-electron chi connectivity index (χ2n) is 4.76. The highest BCUT2D eigenvalue weighted by Gasteiger charge is 2.30. The van der Waals surface area contributed by atoms with Gasteiger partial charge in [0.05, 0.1) is 6.54 Å². The fraction of sp³-hybridized carbons (Fsp3) is 0.909. The highest BCUT2D eigenvalue weighted by atomic mass is 16.2. The molecule has 2 atom stereocenters. The maximum absolute atomic E-state index is 11.6. The van der Waals surface area contributed by atoms with Gasteiger partial charge in [0.15, 0.2) is 0 Å². The molecule has 15 heavy (non-hydrogen) atoms. The Hall–Kier alpha value is -0.610. The average Bonchev–Trinajstić information content (AvgIpc) is 2.45. The van der Waals surface area contributed by atoms with Crippen molar-refractivity contribution < 1.29 is 4.79 Å². The van der Waals surface area contributed by atoms with Crippen molar-refractivity contribution in [2.75, 3.05) is 19.6 Å². The molecule has 88 valence electrons. The fourth-order valence-corrected chi connectivity index (χ4v) is 2.22. The van der Waals surface area contributed by atoms with Crippen LogP contribution in [0.25, 0.3) is 0 Å². The third-order valence-electron chi connectivity index (χ3n) is 3.04.